The monoisotopic (exact) mass is 405 g/mol. The molecule has 0 aromatic heterocycles. The molecule has 2 aromatic carbocycles. The van der Waals surface area contributed by atoms with Crippen molar-refractivity contribution in [3.05, 3.63) is 63.9 Å². The number of hydrogen-bond donors (Lipinski definition) is 1. The van der Waals surface area contributed by atoms with Gasteiger partial charge in [0.1, 0.15) is 18.5 Å². The molecule has 0 amide bonds. The number of hydrogen-bond acceptors (Lipinski definition) is 4. The molecule has 5 nitrogen and oxygen atoms in total. The zero-order valence-electron chi connectivity index (χ0n) is 13.0. The molecule has 0 heterocycles. The molecular weight excluding hydrogens is 392 g/mol. The first-order valence-electron chi connectivity index (χ1n) is 7.08. The lowest BCUT2D eigenvalue weighted by atomic mass is 10.2. The van der Waals surface area contributed by atoms with E-state index < -0.39 is 34.5 Å². The number of esters is 1. The third-order valence-electron chi connectivity index (χ3n) is 3.23. The maximum atomic E-state index is 13.6. The second-order valence-electron chi connectivity index (χ2n) is 5.10. The van der Waals surface area contributed by atoms with Gasteiger partial charge >= 0.3 is 5.97 Å². The molecule has 0 fully saturated rings. The van der Waals surface area contributed by atoms with Crippen molar-refractivity contribution in [3.63, 3.8) is 0 Å². The summed E-state index contributed by atoms with van der Waals surface area (Å²) in [6.45, 7) is 0.913. The molecule has 0 aliphatic rings. The number of sulfonamides is 1. The van der Waals surface area contributed by atoms with Gasteiger partial charge in [0.25, 0.3) is 0 Å². The van der Waals surface area contributed by atoms with Crippen LogP contribution in [0.15, 0.2) is 47.4 Å². The molecule has 0 aliphatic carbocycles. The lowest BCUT2D eigenvalue weighted by molar-refractivity contribution is -0.146. The summed E-state index contributed by atoms with van der Waals surface area (Å²) in [5.41, 5.74) is 0.0188. The van der Waals surface area contributed by atoms with Gasteiger partial charge in [-0.1, -0.05) is 29.3 Å². The van der Waals surface area contributed by atoms with Gasteiger partial charge in [0.05, 0.1) is 9.92 Å². The molecule has 1 atom stereocenters. The van der Waals surface area contributed by atoms with Crippen molar-refractivity contribution in [2.24, 2.45) is 0 Å². The topological polar surface area (TPSA) is 72.5 Å². The summed E-state index contributed by atoms with van der Waals surface area (Å²) in [6, 6.07) is 8.34. The Morgan fingerprint density at radius 1 is 1.20 bits per heavy atom. The minimum absolute atomic E-state index is 0.0188. The van der Waals surface area contributed by atoms with Crippen LogP contribution in [0.4, 0.5) is 4.39 Å². The SMILES string of the molecule is C[C@H](NS(=O)(=O)c1ccc(Cl)cc1)C(=O)OCc1c(F)cccc1Cl. The second kappa shape index (κ2) is 8.14. The van der Waals surface area contributed by atoms with Crippen LogP contribution in [-0.2, 0) is 26.2 Å². The molecule has 134 valence electrons. The van der Waals surface area contributed by atoms with Gasteiger partial charge < -0.3 is 4.74 Å². The van der Waals surface area contributed by atoms with Crippen LogP contribution < -0.4 is 4.72 Å². The highest BCUT2D eigenvalue weighted by Crippen LogP contribution is 2.20. The first-order chi connectivity index (χ1) is 11.7. The lowest BCUT2D eigenvalue weighted by Crippen LogP contribution is -2.39. The summed E-state index contributed by atoms with van der Waals surface area (Å²) >= 11 is 11.6. The molecule has 0 aliphatic heterocycles. The normalized spacial score (nSPS) is 12.6. The van der Waals surface area contributed by atoms with Crippen molar-refractivity contribution in [3.8, 4) is 0 Å². The average molecular weight is 406 g/mol. The minimum Gasteiger partial charge on any atom is -0.459 e. The third-order valence-corrected chi connectivity index (χ3v) is 5.39. The molecule has 2 aromatic rings. The number of benzene rings is 2. The van der Waals surface area contributed by atoms with Crippen LogP contribution in [0.3, 0.4) is 0 Å². The summed E-state index contributed by atoms with van der Waals surface area (Å²) in [5, 5.41) is 0.496. The van der Waals surface area contributed by atoms with Gasteiger partial charge in [-0.05, 0) is 43.3 Å². The Morgan fingerprint density at radius 2 is 1.84 bits per heavy atom. The molecular formula is C16H14Cl2FNO4S. The molecule has 0 saturated carbocycles. The Bertz CT molecular complexity index is 852. The van der Waals surface area contributed by atoms with Gasteiger partial charge in [0, 0.05) is 10.6 Å². The van der Waals surface area contributed by atoms with E-state index >= 15 is 0 Å². The fraction of sp³-hybridized carbons (Fsp3) is 0.188. The Hall–Kier alpha value is -1.67. The summed E-state index contributed by atoms with van der Waals surface area (Å²) in [7, 11) is -3.93. The van der Waals surface area contributed by atoms with Crippen LogP contribution in [0, 0.1) is 5.82 Å². The number of rotatable bonds is 6. The second-order valence-corrected chi connectivity index (χ2v) is 7.66. The van der Waals surface area contributed by atoms with Crippen molar-refractivity contribution in [1.82, 2.24) is 4.72 Å². The molecule has 1 N–H and O–H groups in total. The molecule has 0 bridgehead atoms. The fourth-order valence-corrected chi connectivity index (χ4v) is 3.44. The van der Waals surface area contributed by atoms with Gasteiger partial charge in [0.15, 0.2) is 0 Å². The number of ether oxygens (including phenoxy) is 1. The molecule has 9 heteroatoms. The van der Waals surface area contributed by atoms with Crippen molar-refractivity contribution >= 4 is 39.2 Å². The van der Waals surface area contributed by atoms with E-state index in [0.29, 0.717) is 5.02 Å². The van der Waals surface area contributed by atoms with Gasteiger partial charge in [-0.2, -0.15) is 4.72 Å². The van der Waals surface area contributed by atoms with Gasteiger partial charge in [-0.25, -0.2) is 12.8 Å². The van der Waals surface area contributed by atoms with E-state index in [-0.39, 0.29) is 15.5 Å². The quantitative estimate of drug-likeness (QED) is 0.745. The number of carbonyl (C=O) groups is 1. The molecule has 0 spiro atoms. The molecule has 2 rings (SSSR count). The summed E-state index contributed by atoms with van der Waals surface area (Å²) in [5.74, 6) is -1.48. The van der Waals surface area contributed by atoms with Crippen LogP contribution in [0.25, 0.3) is 0 Å². The largest absolute Gasteiger partial charge is 0.459 e. The standard InChI is InChI=1S/C16H14Cl2FNO4S/c1-10(20-25(22,23)12-7-5-11(17)6-8-12)16(21)24-9-13-14(18)3-2-4-15(13)19/h2-8,10,20H,9H2,1H3/t10-/m0/s1. The van der Waals surface area contributed by atoms with E-state index in [0.717, 1.165) is 0 Å². The number of carbonyl (C=O) groups excluding carboxylic acids is 1. The first-order valence-corrected chi connectivity index (χ1v) is 9.32. The van der Waals surface area contributed by atoms with Crippen LogP contribution in [0.5, 0.6) is 0 Å². The zero-order valence-corrected chi connectivity index (χ0v) is 15.3. The van der Waals surface area contributed by atoms with Crippen LogP contribution >= 0.6 is 23.2 Å². The van der Waals surface area contributed by atoms with E-state index in [1.165, 1.54) is 49.4 Å². The highest BCUT2D eigenvalue weighted by Gasteiger charge is 2.23. The van der Waals surface area contributed by atoms with E-state index in [2.05, 4.69) is 4.72 Å². The molecule has 25 heavy (non-hydrogen) atoms. The number of halogens is 3. The Kier molecular flexibility index (Phi) is 6.40. The van der Waals surface area contributed by atoms with Crippen molar-refractivity contribution in [1.29, 1.82) is 0 Å². The van der Waals surface area contributed by atoms with Crippen LogP contribution in [0.2, 0.25) is 10.0 Å². The van der Waals surface area contributed by atoms with Crippen molar-refractivity contribution < 1.29 is 22.3 Å². The van der Waals surface area contributed by atoms with Crippen molar-refractivity contribution in [2.45, 2.75) is 24.5 Å². The fourth-order valence-electron chi connectivity index (χ4n) is 1.90. The summed E-state index contributed by atoms with van der Waals surface area (Å²) < 4.78 is 45.2. The van der Waals surface area contributed by atoms with Crippen LogP contribution in [-0.4, -0.2) is 20.4 Å². The highest BCUT2D eigenvalue weighted by atomic mass is 35.5. The summed E-state index contributed by atoms with van der Waals surface area (Å²) in [4.78, 5) is 11.9. The van der Waals surface area contributed by atoms with Crippen molar-refractivity contribution in [2.75, 3.05) is 0 Å². The Morgan fingerprint density at radius 3 is 2.44 bits per heavy atom. The Labute approximate surface area is 154 Å². The van der Waals surface area contributed by atoms with Gasteiger partial charge in [-0.3, -0.25) is 4.79 Å². The predicted octanol–water partition coefficient (Wildman–Crippen LogP) is 3.54. The predicted molar refractivity (Wildman–Crippen MR) is 92.4 cm³/mol. The molecule has 0 unspecified atom stereocenters. The molecule has 0 saturated heterocycles. The summed E-state index contributed by atoms with van der Waals surface area (Å²) in [6.07, 6.45) is 0. The van der Waals surface area contributed by atoms with E-state index in [9.17, 15) is 17.6 Å². The van der Waals surface area contributed by atoms with E-state index in [4.69, 9.17) is 27.9 Å². The Balaban J connectivity index is 2.01. The maximum Gasteiger partial charge on any atom is 0.324 e. The van der Waals surface area contributed by atoms with E-state index in [1.807, 2.05) is 0 Å². The lowest BCUT2D eigenvalue weighted by Gasteiger charge is -2.14. The minimum atomic E-state index is -3.93. The van der Waals surface area contributed by atoms with E-state index in [1.54, 1.807) is 0 Å². The van der Waals surface area contributed by atoms with Gasteiger partial charge in [-0.15, -0.1) is 0 Å². The van der Waals surface area contributed by atoms with Gasteiger partial charge in [0.2, 0.25) is 10.0 Å². The average Bonchev–Trinajstić information content (AvgIpc) is 2.54. The third kappa shape index (κ3) is 5.15. The first kappa shape index (κ1) is 19.7. The highest BCUT2D eigenvalue weighted by molar-refractivity contribution is 7.89. The maximum absolute atomic E-state index is 13.6. The number of nitrogens with one attached hydrogen (secondary N) is 1. The zero-order chi connectivity index (χ0) is 18.6. The smallest absolute Gasteiger partial charge is 0.324 e. The molecule has 0 radical (unpaired) electrons. The van der Waals surface area contributed by atoms with Crippen LogP contribution in [0.1, 0.15) is 12.5 Å².